The van der Waals surface area contributed by atoms with Gasteiger partial charge in [0.1, 0.15) is 12.1 Å². The number of nitrogens with zero attached hydrogens (tertiary/aromatic N) is 7. The van der Waals surface area contributed by atoms with E-state index in [2.05, 4.69) is 25.6 Å². The summed E-state index contributed by atoms with van der Waals surface area (Å²) < 4.78 is 3.60. The number of Topliss-reactive ketones (excluding diaryl/α,β-unsaturated/α-hetero) is 1. The molecule has 1 N–H and O–H groups in total. The van der Waals surface area contributed by atoms with Gasteiger partial charge in [0.15, 0.2) is 17.4 Å². The topological polar surface area (TPSA) is 103 Å². The van der Waals surface area contributed by atoms with Crippen LogP contribution < -0.4 is 5.32 Å². The molecular formula is C24H22N8O. The van der Waals surface area contributed by atoms with Gasteiger partial charge in [-0.3, -0.25) is 9.36 Å². The Bertz CT molecular complexity index is 1500. The molecule has 9 nitrogen and oxygen atoms in total. The van der Waals surface area contributed by atoms with Gasteiger partial charge in [-0.25, -0.2) is 14.6 Å². The van der Waals surface area contributed by atoms with Crippen LogP contribution in [0.1, 0.15) is 34.4 Å². The Hall–Kier alpha value is -4.40. The quantitative estimate of drug-likeness (QED) is 0.409. The zero-order valence-corrected chi connectivity index (χ0v) is 18.7. The lowest BCUT2D eigenvalue weighted by Gasteiger charge is -2.12. The zero-order chi connectivity index (χ0) is 23.1. The number of carbonyl (C=O) groups excluding carboxylic acids is 1. The molecule has 4 aromatic heterocycles. The number of nitrogens with one attached hydrogen (secondary N) is 1. The van der Waals surface area contributed by atoms with E-state index >= 15 is 0 Å². The van der Waals surface area contributed by atoms with E-state index in [1.807, 2.05) is 67.8 Å². The van der Waals surface area contributed by atoms with Gasteiger partial charge < -0.3 is 5.32 Å². The van der Waals surface area contributed by atoms with Crippen molar-refractivity contribution in [1.82, 2.24) is 34.5 Å². The highest BCUT2D eigenvalue weighted by Gasteiger charge is 2.17. The molecule has 0 spiro atoms. The monoisotopic (exact) mass is 438 g/mol. The van der Waals surface area contributed by atoms with Gasteiger partial charge in [0.2, 0.25) is 0 Å². The first-order chi connectivity index (χ1) is 15.9. The van der Waals surface area contributed by atoms with Crippen LogP contribution in [0.25, 0.3) is 22.7 Å². The third-order valence-electron chi connectivity index (χ3n) is 5.31. The molecule has 0 bridgehead atoms. The van der Waals surface area contributed by atoms with Crippen LogP contribution in [0, 0.1) is 20.8 Å². The van der Waals surface area contributed by atoms with Crippen molar-refractivity contribution in [1.29, 1.82) is 0 Å². The van der Waals surface area contributed by atoms with Crippen molar-refractivity contribution in [2.75, 3.05) is 5.32 Å². The number of hydrogen-bond donors (Lipinski definition) is 1. The number of ketones is 1. The largest absolute Gasteiger partial charge is 0.339 e. The maximum atomic E-state index is 12.3. The van der Waals surface area contributed by atoms with Gasteiger partial charge in [-0.1, -0.05) is 0 Å². The maximum Gasteiger partial charge on any atom is 0.166 e. The highest BCUT2D eigenvalue weighted by atomic mass is 16.1. The fraction of sp³-hybridized carbons (Fsp3) is 0.167. The number of aromatic nitrogens is 7. The Balaban J connectivity index is 1.55. The lowest BCUT2D eigenvalue weighted by atomic mass is 10.2. The van der Waals surface area contributed by atoms with E-state index in [1.54, 1.807) is 17.1 Å². The summed E-state index contributed by atoms with van der Waals surface area (Å²) in [6.07, 6.45) is 1.72. The molecule has 9 heteroatoms. The fourth-order valence-electron chi connectivity index (χ4n) is 3.74. The minimum Gasteiger partial charge on any atom is -0.339 e. The van der Waals surface area contributed by atoms with Gasteiger partial charge >= 0.3 is 0 Å². The molecular weight excluding hydrogens is 416 g/mol. The Labute approximate surface area is 190 Å². The van der Waals surface area contributed by atoms with Gasteiger partial charge in [0.05, 0.1) is 28.0 Å². The van der Waals surface area contributed by atoms with Crippen LogP contribution >= 0.6 is 0 Å². The first-order valence-corrected chi connectivity index (χ1v) is 10.5. The second-order valence-electron chi connectivity index (χ2n) is 7.94. The van der Waals surface area contributed by atoms with Crippen LogP contribution in [0.15, 0.2) is 54.9 Å². The van der Waals surface area contributed by atoms with E-state index in [4.69, 9.17) is 4.98 Å². The molecule has 0 aliphatic carbocycles. The number of benzene rings is 1. The molecule has 5 aromatic rings. The number of pyridine rings is 1. The smallest absolute Gasteiger partial charge is 0.166 e. The summed E-state index contributed by atoms with van der Waals surface area (Å²) in [5.41, 5.74) is 5.68. The van der Waals surface area contributed by atoms with Crippen molar-refractivity contribution >= 4 is 28.3 Å². The Morgan fingerprint density at radius 1 is 0.939 bits per heavy atom. The predicted octanol–water partition coefficient (Wildman–Crippen LogP) is 4.27. The van der Waals surface area contributed by atoms with Gasteiger partial charge in [-0.05, 0) is 76.2 Å². The minimum absolute atomic E-state index is 0.0676. The molecule has 0 atom stereocenters. The minimum atomic E-state index is -0.0676. The van der Waals surface area contributed by atoms with E-state index in [0.29, 0.717) is 23.0 Å². The molecule has 33 heavy (non-hydrogen) atoms. The van der Waals surface area contributed by atoms with Crippen LogP contribution in [0.5, 0.6) is 0 Å². The van der Waals surface area contributed by atoms with Crippen LogP contribution in [0.4, 0.5) is 11.5 Å². The van der Waals surface area contributed by atoms with Crippen molar-refractivity contribution in [3.63, 3.8) is 0 Å². The summed E-state index contributed by atoms with van der Waals surface area (Å²) in [4.78, 5) is 21.6. The number of aryl methyl sites for hydroxylation is 3. The zero-order valence-electron chi connectivity index (χ0n) is 18.7. The van der Waals surface area contributed by atoms with E-state index in [0.717, 1.165) is 33.8 Å². The lowest BCUT2D eigenvalue weighted by molar-refractivity contribution is 0.101. The van der Waals surface area contributed by atoms with E-state index in [-0.39, 0.29) is 5.78 Å². The first kappa shape index (κ1) is 20.5. The van der Waals surface area contributed by atoms with Gasteiger partial charge in [-0.2, -0.15) is 10.2 Å². The predicted molar refractivity (Wildman–Crippen MR) is 126 cm³/mol. The molecule has 0 unspecified atom stereocenters. The molecule has 0 saturated carbocycles. The van der Waals surface area contributed by atoms with Gasteiger partial charge in [0.25, 0.3) is 0 Å². The van der Waals surface area contributed by atoms with Gasteiger partial charge in [0, 0.05) is 11.4 Å². The first-order valence-electron chi connectivity index (χ1n) is 10.5. The number of hydrogen-bond acceptors (Lipinski definition) is 7. The summed E-state index contributed by atoms with van der Waals surface area (Å²) >= 11 is 0. The molecule has 0 amide bonds. The molecule has 164 valence electrons. The maximum absolute atomic E-state index is 12.3. The SMILES string of the molecule is CC(=O)c1ccc(-n2cnc3cc(Nc4ccc(C)nn4)ccc32)nc1-n1nc(C)cc1C. The van der Waals surface area contributed by atoms with Crippen LogP contribution in [0.3, 0.4) is 0 Å². The second-order valence-corrected chi connectivity index (χ2v) is 7.94. The van der Waals surface area contributed by atoms with E-state index in [1.165, 1.54) is 6.92 Å². The van der Waals surface area contributed by atoms with E-state index < -0.39 is 0 Å². The molecule has 0 aliphatic rings. The Morgan fingerprint density at radius 2 is 1.79 bits per heavy atom. The Kier molecular flexibility index (Phi) is 4.93. The number of fused-ring (bicyclic) bond motifs is 1. The molecule has 5 rings (SSSR count). The molecule has 0 aliphatic heterocycles. The van der Waals surface area contributed by atoms with Crippen LogP contribution in [-0.2, 0) is 0 Å². The second kappa shape index (κ2) is 7.94. The fourth-order valence-corrected chi connectivity index (χ4v) is 3.74. The van der Waals surface area contributed by atoms with Gasteiger partial charge in [-0.15, -0.1) is 5.10 Å². The average Bonchev–Trinajstić information content (AvgIpc) is 3.36. The number of anilines is 2. The summed E-state index contributed by atoms with van der Waals surface area (Å²) in [7, 11) is 0. The number of carbonyl (C=O) groups is 1. The van der Waals surface area contributed by atoms with Crippen molar-refractivity contribution in [3.05, 3.63) is 77.5 Å². The molecule has 1 aromatic carbocycles. The summed E-state index contributed by atoms with van der Waals surface area (Å²) in [5.74, 6) is 1.75. The summed E-state index contributed by atoms with van der Waals surface area (Å²) in [6.45, 7) is 7.29. The summed E-state index contributed by atoms with van der Waals surface area (Å²) in [5, 5.41) is 16.0. The lowest BCUT2D eigenvalue weighted by Crippen LogP contribution is -2.11. The molecule has 0 radical (unpaired) electrons. The van der Waals surface area contributed by atoms with E-state index in [9.17, 15) is 4.79 Å². The summed E-state index contributed by atoms with van der Waals surface area (Å²) in [6, 6.07) is 15.2. The van der Waals surface area contributed by atoms with Crippen LogP contribution in [-0.4, -0.2) is 40.3 Å². The van der Waals surface area contributed by atoms with Crippen LogP contribution in [0.2, 0.25) is 0 Å². The molecule has 0 fully saturated rings. The highest BCUT2D eigenvalue weighted by molar-refractivity contribution is 5.97. The van der Waals surface area contributed by atoms with Crippen molar-refractivity contribution in [2.45, 2.75) is 27.7 Å². The third-order valence-corrected chi connectivity index (χ3v) is 5.31. The standard InChI is InChI=1S/C24H22N8O/c1-14-5-9-22(29-28-14)26-18-6-8-21-20(12-18)25-13-31(21)23-10-7-19(17(4)33)24(27-23)32-16(3)11-15(2)30-32/h5-13H,1-4H3,(H,26,29). The molecule has 0 saturated heterocycles. The third kappa shape index (κ3) is 3.84. The Morgan fingerprint density at radius 3 is 2.48 bits per heavy atom. The highest BCUT2D eigenvalue weighted by Crippen LogP contribution is 2.24. The van der Waals surface area contributed by atoms with Crippen molar-refractivity contribution in [3.8, 4) is 11.6 Å². The normalized spacial score (nSPS) is 11.2. The molecule has 4 heterocycles. The van der Waals surface area contributed by atoms with Crippen molar-refractivity contribution in [2.24, 2.45) is 0 Å². The average molecular weight is 438 g/mol. The van der Waals surface area contributed by atoms with Crippen molar-refractivity contribution < 1.29 is 4.79 Å². The number of imidazole rings is 1. The number of rotatable bonds is 5.